The number of phenols is 4. The van der Waals surface area contributed by atoms with Crippen molar-refractivity contribution in [3.8, 4) is 34.5 Å². The second-order valence-corrected chi connectivity index (χ2v) is 16.9. The van der Waals surface area contributed by atoms with Crippen LogP contribution in [0.25, 0.3) is 0 Å². The number of hydrogen-bond acceptors (Lipinski definition) is 18. The standard InChI is InChI=1S/C53H62N2O17/c1-32(34(3)67-22-23-68-51(64)33(2)55-35(4)56)26-41(57)31-40(27-36-6-14-42(15-7-36)71-49(62)20-12-38-10-18-45(58)47(60)29-38)52(65)69-24-25-70-53(66)44(54-5)28-37-8-16-43(17-9-37)72-50(63)21-13-39-11-19-46(59)48(61)30-39/h6-11,14-19,29-30,32-33,40,44,54,58-61H,3,12-13,20-28,31H2,1-2,4-5H3,(H,55,56). The highest BCUT2D eigenvalue weighted by atomic mass is 16.6. The number of aryl methyl sites for hydroxylation is 2. The van der Waals surface area contributed by atoms with E-state index in [-0.39, 0.29) is 124 Å². The third-order valence-corrected chi connectivity index (χ3v) is 11.0. The van der Waals surface area contributed by atoms with Crippen molar-refractivity contribution >= 4 is 41.5 Å². The van der Waals surface area contributed by atoms with Gasteiger partial charge in [-0.05, 0) is 110 Å². The Hall–Kier alpha value is -7.93. The van der Waals surface area contributed by atoms with Crippen LogP contribution in [0.1, 0.15) is 68.7 Å². The van der Waals surface area contributed by atoms with E-state index in [1.165, 1.54) is 38.1 Å². The summed E-state index contributed by atoms with van der Waals surface area (Å²) in [7, 11) is 1.58. The molecule has 4 aromatic rings. The van der Waals surface area contributed by atoms with Gasteiger partial charge >= 0.3 is 29.8 Å². The first-order valence-corrected chi connectivity index (χ1v) is 23.2. The molecule has 0 aromatic heterocycles. The van der Waals surface area contributed by atoms with Crippen LogP contribution < -0.4 is 20.1 Å². The number of esters is 5. The minimum absolute atomic E-state index is 0.00990. The maximum atomic E-state index is 13.6. The van der Waals surface area contributed by atoms with Gasteiger partial charge in [-0.1, -0.05) is 49.9 Å². The maximum absolute atomic E-state index is 13.6. The number of ether oxygens (including phenoxy) is 6. The molecule has 19 nitrogen and oxygen atoms in total. The lowest BCUT2D eigenvalue weighted by Gasteiger charge is -2.19. The van der Waals surface area contributed by atoms with Crippen molar-refractivity contribution in [2.24, 2.45) is 11.8 Å². The molecule has 4 rings (SSSR count). The van der Waals surface area contributed by atoms with E-state index < -0.39 is 53.8 Å². The van der Waals surface area contributed by atoms with Crippen molar-refractivity contribution < 1.29 is 82.4 Å². The van der Waals surface area contributed by atoms with Crippen LogP contribution in [0.15, 0.2) is 97.3 Å². The van der Waals surface area contributed by atoms with Gasteiger partial charge < -0.3 is 59.5 Å². The number of ketones is 1. The number of nitrogens with one attached hydrogen (secondary N) is 2. The summed E-state index contributed by atoms with van der Waals surface area (Å²) >= 11 is 0. The molecule has 0 saturated carbocycles. The molecule has 72 heavy (non-hydrogen) atoms. The number of benzene rings is 4. The summed E-state index contributed by atoms with van der Waals surface area (Å²) in [6.07, 6.45) is 0.548. The van der Waals surface area contributed by atoms with E-state index in [4.69, 9.17) is 28.4 Å². The fourth-order valence-corrected chi connectivity index (χ4v) is 7.02. The zero-order chi connectivity index (χ0) is 52.7. The normalized spacial score (nSPS) is 12.5. The number of Topliss-reactive ketones (excluding diaryl/α,β-unsaturated/α-hetero) is 1. The molecule has 4 unspecified atom stereocenters. The topological polar surface area (TPSA) is 280 Å². The predicted molar refractivity (Wildman–Crippen MR) is 259 cm³/mol. The Balaban J connectivity index is 1.29. The number of amides is 1. The van der Waals surface area contributed by atoms with Gasteiger partial charge in [0, 0.05) is 38.5 Å². The van der Waals surface area contributed by atoms with Crippen molar-refractivity contribution in [3.63, 3.8) is 0 Å². The molecule has 1 amide bonds. The Morgan fingerprint density at radius 1 is 0.556 bits per heavy atom. The second kappa shape index (κ2) is 28.7. The third kappa shape index (κ3) is 19.8. The molecule has 4 aromatic carbocycles. The molecule has 0 aliphatic carbocycles. The van der Waals surface area contributed by atoms with Crippen LogP contribution in [-0.2, 0) is 78.2 Å². The van der Waals surface area contributed by atoms with E-state index in [9.17, 15) is 54.0 Å². The minimum atomic E-state index is -0.976. The average Bonchev–Trinajstić information content (AvgIpc) is 3.34. The fourth-order valence-electron chi connectivity index (χ4n) is 7.02. The van der Waals surface area contributed by atoms with Crippen molar-refractivity contribution in [2.75, 3.05) is 33.5 Å². The van der Waals surface area contributed by atoms with E-state index >= 15 is 0 Å². The number of phenolic OH excluding ortho intramolecular Hbond substituents is 4. The van der Waals surface area contributed by atoms with E-state index in [1.54, 1.807) is 74.6 Å². The monoisotopic (exact) mass is 998 g/mol. The first-order chi connectivity index (χ1) is 34.3. The highest BCUT2D eigenvalue weighted by Crippen LogP contribution is 2.27. The van der Waals surface area contributed by atoms with Gasteiger partial charge in [0.05, 0.1) is 11.7 Å². The van der Waals surface area contributed by atoms with Crippen LogP contribution >= 0.6 is 0 Å². The molecule has 386 valence electrons. The number of aromatic hydroxyl groups is 4. The molecule has 0 bridgehead atoms. The molecule has 19 heteroatoms. The summed E-state index contributed by atoms with van der Waals surface area (Å²) in [5, 5.41) is 43.8. The molecule has 0 fully saturated rings. The van der Waals surface area contributed by atoms with Crippen LogP contribution in [0.2, 0.25) is 0 Å². The highest BCUT2D eigenvalue weighted by Gasteiger charge is 2.27. The van der Waals surface area contributed by atoms with Gasteiger partial charge in [0.15, 0.2) is 23.0 Å². The third-order valence-electron chi connectivity index (χ3n) is 11.0. The lowest BCUT2D eigenvalue weighted by Crippen LogP contribution is -2.38. The Morgan fingerprint density at radius 2 is 1.00 bits per heavy atom. The Labute approximate surface area is 417 Å². The predicted octanol–water partition coefficient (Wildman–Crippen LogP) is 5.24. The van der Waals surface area contributed by atoms with Gasteiger partial charge in [-0.3, -0.25) is 28.8 Å². The molecule has 0 saturated heterocycles. The number of carbonyl (C=O) groups excluding carboxylic acids is 7. The van der Waals surface area contributed by atoms with Crippen LogP contribution in [0.5, 0.6) is 34.5 Å². The number of carbonyl (C=O) groups is 7. The lowest BCUT2D eigenvalue weighted by molar-refractivity contribution is -0.156. The molecular weight excluding hydrogens is 937 g/mol. The summed E-state index contributed by atoms with van der Waals surface area (Å²) in [4.78, 5) is 88.4. The Bertz CT molecular complexity index is 2510. The first kappa shape index (κ1) is 56.7. The first-order valence-electron chi connectivity index (χ1n) is 23.2. The van der Waals surface area contributed by atoms with Gasteiger partial charge in [0.25, 0.3) is 0 Å². The number of rotatable bonds is 29. The van der Waals surface area contributed by atoms with Crippen molar-refractivity contribution in [1.82, 2.24) is 10.6 Å². The Kier molecular flexibility index (Phi) is 22.6. The van der Waals surface area contributed by atoms with Gasteiger partial charge in [0.1, 0.15) is 55.8 Å². The average molecular weight is 999 g/mol. The molecule has 0 aliphatic heterocycles. The quantitative estimate of drug-likeness (QED) is 0.0101. The zero-order valence-corrected chi connectivity index (χ0v) is 40.7. The molecule has 4 atom stereocenters. The molecule has 0 radical (unpaired) electrons. The van der Waals surface area contributed by atoms with Crippen LogP contribution in [0.4, 0.5) is 0 Å². The van der Waals surface area contributed by atoms with Crippen LogP contribution in [-0.4, -0.2) is 108 Å². The molecule has 0 aliphatic rings. The zero-order valence-electron chi connectivity index (χ0n) is 40.7. The largest absolute Gasteiger partial charge is 0.504 e. The fraction of sp³-hybridized carbons (Fsp3) is 0.377. The van der Waals surface area contributed by atoms with Gasteiger partial charge in [-0.2, -0.15) is 0 Å². The SMILES string of the molecule is C=C(OCCOC(=O)C(C)NC(C)=O)C(C)CC(=O)CC(Cc1ccc(OC(=O)CCc2ccc(O)c(O)c2)cc1)C(=O)OCCOC(=O)C(Cc1ccc(OC(=O)CCc2ccc(O)c(O)c2)cc1)NC. The summed E-state index contributed by atoms with van der Waals surface area (Å²) in [6.45, 7) is 7.58. The molecular formula is C53H62N2O17. The number of allylic oxidation sites excluding steroid dienone is 1. The van der Waals surface area contributed by atoms with Gasteiger partial charge in [-0.25, -0.2) is 4.79 Å². The van der Waals surface area contributed by atoms with Gasteiger partial charge in [0.2, 0.25) is 5.91 Å². The summed E-state index contributed by atoms with van der Waals surface area (Å²) in [6, 6.07) is 19.9. The summed E-state index contributed by atoms with van der Waals surface area (Å²) in [5.41, 5.74) is 2.61. The summed E-state index contributed by atoms with van der Waals surface area (Å²) in [5.74, 6) is -5.52. The molecule has 6 N–H and O–H groups in total. The second-order valence-electron chi connectivity index (χ2n) is 16.9. The summed E-state index contributed by atoms with van der Waals surface area (Å²) < 4.78 is 32.5. The van der Waals surface area contributed by atoms with Crippen LogP contribution in [0, 0.1) is 11.8 Å². The van der Waals surface area contributed by atoms with E-state index in [0.717, 1.165) is 5.56 Å². The van der Waals surface area contributed by atoms with Crippen molar-refractivity contribution in [3.05, 3.63) is 120 Å². The Morgan fingerprint density at radius 3 is 1.47 bits per heavy atom. The highest BCUT2D eigenvalue weighted by molar-refractivity contribution is 5.85. The van der Waals surface area contributed by atoms with E-state index in [0.29, 0.717) is 22.4 Å². The van der Waals surface area contributed by atoms with E-state index in [1.807, 2.05) is 0 Å². The van der Waals surface area contributed by atoms with Gasteiger partial charge in [-0.15, -0.1) is 0 Å². The number of likely N-dealkylation sites (N-methyl/N-ethyl adjacent to an activating group) is 1. The smallest absolute Gasteiger partial charge is 0.328 e. The lowest BCUT2D eigenvalue weighted by atomic mass is 9.91. The van der Waals surface area contributed by atoms with E-state index in [2.05, 4.69) is 17.2 Å². The molecule has 0 spiro atoms. The number of hydrogen-bond donors (Lipinski definition) is 6. The maximum Gasteiger partial charge on any atom is 0.328 e. The van der Waals surface area contributed by atoms with Crippen molar-refractivity contribution in [1.29, 1.82) is 0 Å². The van der Waals surface area contributed by atoms with Crippen molar-refractivity contribution in [2.45, 2.75) is 84.2 Å². The minimum Gasteiger partial charge on any atom is -0.504 e. The molecule has 0 heterocycles. The van der Waals surface area contributed by atoms with Crippen LogP contribution in [0.3, 0.4) is 0 Å².